The number of ether oxygens (including phenoxy) is 1. The number of alkyl halides is 3. The molecule has 0 radical (unpaired) electrons. The Labute approximate surface area is 163 Å². The maximum atomic E-state index is 12.8. The highest BCUT2D eigenvalue weighted by Crippen LogP contribution is 2.30. The molecule has 9 heteroatoms. The van der Waals surface area contributed by atoms with Crippen LogP contribution in [0.5, 0.6) is 0 Å². The SMILES string of the molecule is CCOC(=O)c1cc(-c2cccc(NC(=O)c3cccc(C(F)(F)F)c3)c2)on1. The lowest BCUT2D eigenvalue weighted by molar-refractivity contribution is -0.137. The second kappa shape index (κ2) is 8.17. The van der Waals surface area contributed by atoms with Crippen molar-refractivity contribution in [2.45, 2.75) is 13.1 Å². The average molecular weight is 404 g/mol. The summed E-state index contributed by atoms with van der Waals surface area (Å²) in [6.07, 6.45) is -4.54. The van der Waals surface area contributed by atoms with Crippen molar-refractivity contribution in [2.24, 2.45) is 0 Å². The molecular formula is C20H15F3N2O4. The highest BCUT2D eigenvalue weighted by molar-refractivity contribution is 6.04. The third-order valence-electron chi connectivity index (χ3n) is 3.85. The summed E-state index contributed by atoms with van der Waals surface area (Å²) in [5.41, 5.74) is -0.198. The standard InChI is InChI=1S/C20H15F3N2O4/c1-2-28-19(27)16-11-17(29-25-16)12-5-4-8-15(10-12)24-18(26)13-6-3-7-14(9-13)20(21,22)23/h3-11H,2H2,1H3,(H,24,26). The van der Waals surface area contributed by atoms with E-state index in [0.717, 1.165) is 12.1 Å². The molecule has 1 heterocycles. The number of amides is 1. The van der Waals surface area contributed by atoms with Gasteiger partial charge < -0.3 is 14.6 Å². The number of carbonyl (C=O) groups is 2. The van der Waals surface area contributed by atoms with Crippen molar-refractivity contribution < 1.29 is 32.0 Å². The van der Waals surface area contributed by atoms with E-state index in [4.69, 9.17) is 9.26 Å². The zero-order chi connectivity index (χ0) is 21.0. The largest absolute Gasteiger partial charge is 0.461 e. The number of carbonyl (C=O) groups excluding carboxylic acids is 2. The minimum Gasteiger partial charge on any atom is -0.461 e. The molecule has 0 bridgehead atoms. The predicted molar refractivity (Wildman–Crippen MR) is 97.3 cm³/mol. The van der Waals surface area contributed by atoms with E-state index in [9.17, 15) is 22.8 Å². The number of hydrogen-bond acceptors (Lipinski definition) is 5. The molecule has 0 spiro atoms. The van der Waals surface area contributed by atoms with E-state index in [2.05, 4.69) is 10.5 Å². The summed E-state index contributed by atoms with van der Waals surface area (Å²) in [5, 5.41) is 6.18. The fraction of sp³-hybridized carbons (Fsp3) is 0.150. The van der Waals surface area contributed by atoms with E-state index in [1.807, 2.05) is 0 Å². The molecule has 0 aliphatic carbocycles. The Balaban J connectivity index is 1.78. The second-order valence-corrected chi connectivity index (χ2v) is 5.91. The molecule has 1 amide bonds. The van der Waals surface area contributed by atoms with Crippen molar-refractivity contribution in [1.82, 2.24) is 5.16 Å². The van der Waals surface area contributed by atoms with Crippen LogP contribution in [0.15, 0.2) is 59.1 Å². The van der Waals surface area contributed by atoms with Crippen molar-refractivity contribution in [1.29, 1.82) is 0 Å². The Morgan fingerprint density at radius 3 is 2.59 bits per heavy atom. The van der Waals surface area contributed by atoms with Gasteiger partial charge >= 0.3 is 12.1 Å². The fourth-order valence-corrected chi connectivity index (χ4v) is 2.50. The quantitative estimate of drug-likeness (QED) is 0.619. The number of halogens is 3. The van der Waals surface area contributed by atoms with Crippen LogP contribution in [0.2, 0.25) is 0 Å². The predicted octanol–water partition coefficient (Wildman–Crippen LogP) is 4.79. The zero-order valence-electron chi connectivity index (χ0n) is 15.1. The number of aromatic nitrogens is 1. The molecule has 150 valence electrons. The van der Waals surface area contributed by atoms with Gasteiger partial charge in [-0.3, -0.25) is 4.79 Å². The lowest BCUT2D eigenvalue weighted by atomic mass is 10.1. The number of nitrogens with zero attached hydrogens (tertiary/aromatic N) is 1. The summed E-state index contributed by atoms with van der Waals surface area (Å²) in [6, 6.07) is 11.9. The Morgan fingerprint density at radius 2 is 1.86 bits per heavy atom. The smallest absolute Gasteiger partial charge is 0.416 e. The van der Waals surface area contributed by atoms with Gasteiger partial charge in [-0.25, -0.2) is 4.79 Å². The van der Waals surface area contributed by atoms with Gasteiger partial charge in [0, 0.05) is 22.9 Å². The molecule has 0 fully saturated rings. The number of nitrogens with one attached hydrogen (secondary N) is 1. The summed E-state index contributed by atoms with van der Waals surface area (Å²) in [7, 11) is 0. The summed E-state index contributed by atoms with van der Waals surface area (Å²) in [6.45, 7) is 1.85. The van der Waals surface area contributed by atoms with Gasteiger partial charge in [-0.1, -0.05) is 23.4 Å². The minimum atomic E-state index is -4.54. The van der Waals surface area contributed by atoms with Crippen LogP contribution < -0.4 is 5.32 Å². The molecule has 1 aromatic heterocycles. The van der Waals surface area contributed by atoms with Gasteiger partial charge in [0.05, 0.1) is 12.2 Å². The van der Waals surface area contributed by atoms with Gasteiger partial charge in [-0.2, -0.15) is 13.2 Å². The Kier molecular flexibility index (Phi) is 5.67. The molecule has 6 nitrogen and oxygen atoms in total. The molecule has 0 atom stereocenters. The summed E-state index contributed by atoms with van der Waals surface area (Å²) in [5.74, 6) is -1.06. The highest BCUT2D eigenvalue weighted by Gasteiger charge is 2.30. The van der Waals surface area contributed by atoms with E-state index < -0.39 is 23.6 Å². The number of hydrogen-bond donors (Lipinski definition) is 1. The van der Waals surface area contributed by atoms with Crippen molar-refractivity contribution in [2.75, 3.05) is 11.9 Å². The van der Waals surface area contributed by atoms with Gasteiger partial charge in [0.1, 0.15) is 0 Å². The minimum absolute atomic E-state index is 0.000235. The van der Waals surface area contributed by atoms with Crippen molar-refractivity contribution in [3.63, 3.8) is 0 Å². The summed E-state index contributed by atoms with van der Waals surface area (Å²) < 4.78 is 48.4. The van der Waals surface area contributed by atoms with Crippen molar-refractivity contribution >= 4 is 17.6 Å². The van der Waals surface area contributed by atoms with E-state index in [1.165, 1.54) is 18.2 Å². The Morgan fingerprint density at radius 1 is 1.10 bits per heavy atom. The molecule has 29 heavy (non-hydrogen) atoms. The van der Waals surface area contributed by atoms with E-state index in [0.29, 0.717) is 11.3 Å². The Hall–Kier alpha value is -3.62. The highest BCUT2D eigenvalue weighted by atomic mass is 19.4. The monoisotopic (exact) mass is 404 g/mol. The molecule has 1 N–H and O–H groups in total. The van der Waals surface area contributed by atoms with Gasteiger partial charge in [-0.15, -0.1) is 0 Å². The van der Waals surface area contributed by atoms with E-state index in [1.54, 1.807) is 31.2 Å². The van der Waals surface area contributed by atoms with Crippen LogP contribution in [0.1, 0.15) is 33.3 Å². The van der Waals surface area contributed by atoms with Crippen LogP contribution in [0.25, 0.3) is 11.3 Å². The van der Waals surface area contributed by atoms with Crippen molar-refractivity contribution in [3.8, 4) is 11.3 Å². The number of esters is 1. The third-order valence-corrected chi connectivity index (χ3v) is 3.85. The average Bonchev–Trinajstić information content (AvgIpc) is 3.18. The van der Waals surface area contributed by atoms with Crippen LogP contribution in [0.3, 0.4) is 0 Å². The second-order valence-electron chi connectivity index (χ2n) is 5.91. The van der Waals surface area contributed by atoms with Crippen LogP contribution in [-0.4, -0.2) is 23.6 Å². The van der Waals surface area contributed by atoms with Crippen LogP contribution in [-0.2, 0) is 10.9 Å². The number of anilines is 1. The first kappa shape index (κ1) is 20.1. The molecule has 2 aromatic carbocycles. The molecule has 0 aliphatic heterocycles. The maximum Gasteiger partial charge on any atom is 0.416 e. The molecule has 0 saturated carbocycles. The van der Waals surface area contributed by atoms with Gasteiger partial charge in [-0.05, 0) is 37.3 Å². The van der Waals surface area contributed by atoms with E-state index >= 15 is 0 Å². The number of rotatable bonds is 5. The first-order chi connectivity index (χ1) is 13.8. The van der Waals surface area contributed by atoms with Crippen LogP contribution >= 0.6 is 0 Å². The van der Waals surface area contributed by atoms with E-state index in [-0.39, 0.29) is 23.6 Å². The van der Waals surface area contributed by atoms with Crippen LogP contribution in [0, 0.1) is 0 Å². The topological polar surface area (TPSA) is 81.4 Å². The molecule has 0 unspecified atom stereocenters. The normalized spacial score (nSPS) is 11.2. The maximum absolute atomic E-state index is 12.8. The van der Waals surface area contributed by atoms with Crippen molar-refractivity contribution in [3.05, 3.63) is 71.4 Å². The summed E-state index contributed by atoms with van der Waals surface area (Å²) >= 11 is 0. The summed E-state index contributed by atoms with van der Waals surface area (Å²) in [4.78, 5) is 24.0. The first-order valence-electron chi connectivity index (χ1n) is 8.51. The third kappa shape index (κ3) is 4.81. The van der Waals surface area contributed by atoms with Crippen LogP contribution in [0.4, 0.5) is 18.9 Å². The van der Waals surface area contributed by atoms with Gasteiger partial charge in [0.25, 0.3) is 5.91 Å². The lowest BCUT2D eigenvalue weighted by Crippen LogP contribution is -2.13. The molecule has 0 saturated heterocycles. The van der Waals surface area contributed by atoms with Gasteiger partial charge in [0.15, 0.2) is 11.5 Å². The Bertz CT molecular complexity index is 1040. The number of benzene rings is 2. The molecule has 3 rings (SSSR count). The fourth-order valence-electron chi connectivity index (χ4n) is 2.50. The first-order valence-corrected chi connectivity index (χ1v) is 8.51. The molecule has 0 aliphatic rings. The lowest BCUT2D eigenvalue weighted by Gasteiger charge is -2.09. The molecule has 3 aromatic rings. The zero-order valence-corrected chi connectivity index (χ0v) is 15.1. The van der Waals surface area contributed by atoms with Gasteiger partial charge in [0.2, 0.25) is 0 Å². The molecular weight excluding hydrogens is 389 g/mol.